The number of Topliss-reactive ketones (excluding diaryl/α,β-unsaturated/α-hetero) is 1. The number of hydrogen-bond donors (Lipinski definition) is 2. The summed E-state index contributed by atoms with van der Waals surface area (Å²) < 4.78 is 9.87. The Morgan fingerprint density at radius 1 is 1.03 bits per heavy atom. The number of amides is 2. The van der Waals surface area contributed by atoms with E-state index in [2.05, 4.69) is 10.6 Å². The fourth-order valence-electron chi connectivity index (χ4n) is 2.13. The van der Waals surface area contributed by atoms with E-state index in [1.165, 1.54) is 12.3 Å². The zero-order valence-corrected chi connectivity index (χ0v) is 16.6. The smallest absolute Gasteiger partial charge is 0.308 e. The minimum atomic E-state index is -0.604. The number of benzene rings is 1. The summed E-state index contributed by atoms with van der Waals surface area (Å²) >= 11 is 0. The minimum Gasteiger partial charge on any atom is -0.459 e. The summed E-state index contributed by atoms with van der Waals surface area (Å²) in [5, 5.41) is 5.28. The quantitative estimate of drug-likeness (QED) is 0.520. The van der Waals surface area contributed by atoms with Crippen molar-refractivity contribution in [3.63, 3.8) is 0 Å². The molecule has 0 fully saturated rings. The number of esters is 1. The summed E-state index contributed by atoms with van der Waals surface area (Å²) in [5.41, 5.74) is 0.406. The van der Waals surface area contributed by atoms with Gasteiger partial charge in [-0.3, -0.25) is 19.2 Å². The van der Waals surface area contributed by atoms with E-state index in [4.69, 9.17) is 9.15 Å². The van der Waals surface area contributed by atoms with E-state index in [9.17, 15) is 19.2 Å². The van der Waals surface area contributed by atoms with Crippen LogP contribution in [0.2, 0.25) is 0 Å². The van der Waals surface area contributed by atoms with Crippen molar-refractivity contribution in [3.05, 3.63) is 54.0 Å². The molecule has 0 saturated heterocycles. The molecule has 0 unspecified atom stereocenters. The molecular weight excluding hydrogens is 376 g/mol. The fourth-order valence-corrected chi connectivity index (χ4v) is 2.13. The summed E-state index contributed by atoms with van der Waals surface area (Å²) in [6.07, 6.45) is 1.30. The highest BCUT2D eigenvalue weighted by atomic mass is 16.5. The van der Waals surface area contributed by atoms with Gasteiger partial charge < -0.3 is 19.8 Å². The molecule has 8 heteroatoms. The van der Waals surface area contributed by atoms with Gasteiger partial charge in [-0.25, -0.2) is 0 Å². The first kappa shape index (κ1) is 21.9. The van der Waals surface area contributed by atoms with E-state index < -0.39 is 23.9 Å². The molecule has 8 nitrogen and oxygen atoms in total. The van der Waals surface area contributed by atoms with Gasteiger partial charge in [-0.05, 0) is 36.4 Å². The lowest BCUT2D eigenvalue weighted by Gasteiger charge is -2.17. The third kappa shape index (κ3) is 6.91. The Balaban J connectivity index is 1.73. The Bertz CT molecular complexity index is 864. The van der Waals surface area contributed by atoms with Crippen LogP contribution in [0.5, 0.6) is 0 Å². The predicted molar refractivity (Wildman–Crippen MR) is 105 cm³/mol. The van der Waals surface area contributed by atoms with Crippen molar-refractivity contribution in [2.24, 2.45) is 5.41 Å². The van der Waals surface area contributed by atoms with Crippen LogP contribution in [0.3, 0.4) is 0 Å². The highest BCUT2D eigenvalue weighted by Gasteiger charge is 2.21. The Morgan fingerprint density at radius 3 is 2.31 bits per heavy atom. The summed E-state index contributed by atoms with van der Waals surface area (Å²) in [7, 11) is 0. The van der Waals surface area contributed by atoms with Crippen LogP contribution in [0.25, 0.3) is 0 Å². The molecular formula is C21H24N2O6. The van der Waals surface area contributed by atoms with Crippen LogP contribution in [0, 0.1) is 5.41 Å². The third-order valence-corrected chi connectivity index (χ3v) is 3.87. The van der Waals surface area contributed by atoms with Crippen LogP contribution >= 0.6 is 0 Å². The van der Waals surface area contributed by atoms with Crippen molar-refractivity contribution in [2.45, 2.75) is 27.2 Å². The molecule has 0 aliphatic rings. The number of hydrogen-bond acceptors (Lipinski definition) is 6. The van der Waals surface area contributed by atoms with Crippen molar-refractivity contribution in [3.8, 4) is 0 Å². The first-order valence-electron chi connectivity index (χ1n) is 9.09. The van der Waals surface area contributed by atoms with Gasteiger partial charge in [-0.15, -0.1) is 0 Å². The van der Waals surface area contributed by atoms with Gasteiger partial charge in [-0.2, -0.15) is 0 Å². The Hall–Kier alpha value is -3.42. The molecule has 0 saturated carbocycles. The van der Waals surface area contributed by atoms with E-state index in [0.717, 1.165) is 0 Å². The van der Waals surface area contributed by atoms with E-state index >= 15 is 0 Å². The zero-order chi connectivity index (χ0) is 21.4. The Labute approximate surface area is 168 Å². The van der Waals surface area contributed by atoms with Gasteiger partial charge in [0.15, 0.2) is 18.2 Å². The van der Waals surface area contributed by atoms with Crippen LogP contribution in [-0.4, -0.2) is 36.7 Å². The molecule has 0 atom stereocenters. The van der Waals surface area contributed by atoms with Gasteiger partial charge in [0.05, 0.1) is 12.7 Å². The van der Waals surface area contributed by atoms with Crippen molar-refractivity contribution in [2.75, 3.05) is 18.5 Å². The van der Waals surface area contributed by atoms with Crippen LogP contribution < -0.4 is 10.6 Å². The fraction of sp³-hybridized carbons (Fsp3) is 0.333. The second-order valence-corrected chi connectivity index (χ2v) is 7.35. The summed E-state index contributed by atoms with van der Waals surface area (Å²) in [6.45, 7) is 5.07. The lowest BCUT2D eigenvalue weighted by molar-refractivity contribution is -0.142. The van der Waals surface area contributed by atoms with Gasteiger partial charge >= 0.3 is 5.97 Å². The standard InChI is InChI=1S/C21H24N2O6/c1-21(2,3)20(27)23-15-8-6-14(7-9-15)16(24)13-29-18(25)10-11-22-19(26)17-5-4-12-28-17/h4-9,12H,10-11,13H2,1-3H3,(H,22,26)(H,23,27). The van der Waals surface area contributed by atoms with Crippen molar-refractivity contribution in [1.29, 1.82) is 0 Å². The second-order valence-electron chi connectivity index (χ2n) is 7.35. The number of rotatable bonds is 8. The molecule has 1 aromatic heterocycles. The van der Waals surface area contributed by atoms with Crippen molar-refractivity contribution in [1.82, 2.24) is 5.32 Å². The average Bonchev–Trinajstić information content (AvgIpc) is 3.20. The maximum absolute atomic E-state index is 12.1. The molecule has 0 spiro atoms. The lowest BCUT2D eigenvalue weighted by atomic mass is 9.95. The normalized spacial score (nSPS) is 10.9. The molecule has 0 radical (unpaired) electrons. The maximum Gasteiger partial charge on any atom is 0.308 e. The molecule has 2 rings (SSSR count). The van der Waals surface area contributed by atoms with E-state index in [0.29, 0.717) is 11.3 Å². The SMILES string of the molecule is CC(C)(C)C(=O)Nc1ccc(C(=O)COC(=O)CCNC(=O)c2ccco2)cc1. The number of carbonyl (C=O) groups is 4. The van der Waals surface area contributed by atoms with E-state index in [-0.39, 0.29) is 30.4 Å². The molecule has 2 aromatic rings. The van der Waals surface area contributed by atoms with Gasteiger partial charge in [-0.1, -0.05) is 20.8 Å². The van der Waals surface area contributed by atoms with Crippen LogP contribution in [-0.2, 0) is 14.3 Å². The molecule has 0 aliphatic carbocycles. The monoisotopic (exact) mass is 400 g/mol. The number of ketones is 1. The van der Waals surface area contributed by atoms with Crippen LogP contribution in [0.4, 0.5) is 5.69 Å². The molecule has 1 aromatic carbocycles. The Kier molecular flexibility index (Phi) is 7.30. The largest absolute Gasteiger partial charge is 0.459 e. The van der Waals surface area contributed by atoms with Gasteiger partial charge in [0.1, 0.15) is 0 Å². The molecule has 2 amide bonds. The van der Waals surface area contributed by atoms with Crippen molar-refractivity contribution >= 4 is 29.3 Å². The Morgan fingerprint density at radius 2 is 1.72 bits per heavy atom. The highest BCUT2D eigenvalue weighted by molar-refractivity contribution is 5.99. The number of furan rings is 1. The first-order valence-corrected chi connectivity index (χ1v) is 9.09. The molecule has 2 N–H and O–H groups in total. The first-order chi connectivity index (χ1) is 13.7. The number of carbonyl (C=O) groups excluding carboxylic acids is 4. The predicted octanol–water partition coefficient (Wildman–Crippen LogP) is 2.81. The molecule has 29 heavy (non-hydrogen) atoms. The molecule has 1 heterocycles. The summed E-state index contributed by atoms with van der Waals surface area (Å²) in [5.74, 6) is -1.39. The van der Waals surface area contributed by atoms with Gasteiger partial charge in [0.25, 0.3) is 5.91 Å². The minimum absolute atomic E-state index is 0.0642. The van der Waals surface area contributed by atoms with E-state index in [1.54, 1.807) is 51.1 Å². The van der Waals surface area contributed by atoms with E-state index in [1.807, 2.05) is 0 Å². The van der Waals surface area contributed by atoms with Crippen LogP contribution in [0.1, 0.15) is 48.1 Å². The molecule has 0 aliphatic heterocycles. The molecule has 154 valence electrons. The summed E-state index contributed by atoms with van der Waals surface area (Å²) in [6, 6.07) is 9.42. The maximum atomic E-state index is 12.1. The number of anilines is 1. The average molecular weight is 400 g/mol. The number of ether oxygens (including phenoxy) is 1. The lowest BCUT2D eigenvalue weighted by Crippen LogP contribution is -2.27. The van der Waals surface area contributed by atoms with Gasteiger partial charge in [0, 0.05) is 23.2 Å². The second kappa shape index (κ2) is 9.68. The third-order valence-electron chi connectivity index (χ3n) is 3.87. The van der Waals surface area contributed by atoms with Crippen LogP contribution in [0.15, 0.2) is 47.1 Å². The summed E-state index contributed by atoms with van der Waals surface area (Å²) in [4.78, 5) is 47.5. The zero-order valence-electron chi connectivity index (χ0n) is 16.6. The van der Waals surface area contributed by atoms with Gasteiger partial charge in [0.2, 0.25) is 5.91 Å². The number of nitrogens with one attached hydrogen (secondary N) is 2. The highest BCUT2D eigenvalue weighted by Crippen LogP contribution is 2.18. The van der Waals surface area contributed by atoms with Crippen molar-refractivity contribution < 1.29 is 28.3 Å². The topological polar surface area (TPSA) is 115 Å². The molecule has 0 bridgehead atoms.